The molecule has 0 unspecified atom stereocenters. The molecule has 3 aromatic heterocycles. The minimum atomic E-state index is -1.13. The average molecular weight is 1110 g/mol. The number of thiazole rings is 1. The first-order chi connectivity index (χ1) is 39.2. The zero-order valence-corrected chi connectivity index (χ0v) is 46.5. The predicted molar refractivity (Wildman–Crippen MR) is 307 cm³/mol. The Morgan fingerprint density at radius 2 is 1.54 bits per heavy atom. The van der Waals surface area contributed by atoms with Crippen LogP contribution in [0, 0.1) is 29.6 Å². The third-order valence-corrected chi connectivity index (χ3v) is 19.1. The number of amides is 6. The number of imide groups is 2. The van der Waals surface area contributed by atoms with Gasteiger partial charge in [0.2, 0.25) is 17.7 Å². The number of pyridine rings is 1. The van der Waals surface area contributed by atoms with Gasteiger partial charge in [0.15, 0.2) is 10.8 Å². The summed E-state index contributed by atoms with van der Waals surface area (Å²) in [6.45, 7) is 5.00. The summed E-state index contributed by atoms with van der Waals surface area (Å²) < 4.78 is 3.03. The van der Waals surface area contributed by atoms with Gasteiger partial charge >= 0.3 is 5.97 Å². The molecule has 1 saturated heterocycles. The molecule has 6 aromatic rings. The van der Waals surface area contributed by atoms with E-state index in [1.165, 1.54) is 17.8 Å². The van der Waals surface area contributed by atoms with Gasteiger partial charge in [-0.3, -0.25) is 49.0 Å². The molecule has 4 saturated carbocycles. The van der Waals surface area contributed by atoms with Crippen molar-refractivity contribution in [2.75, 3.05) is 35.2 Å². The van der Waals surface area contributed by atoms with Crippen LogP contribution in [0.5, 0.6) is 0 Å². The number of fused-ring (bicyclic) bond motifs is 3. The van der Waals surface area contributed by atoms with Crippen LogP contribution in [0.2, 0.25) is 0 Å². The molecule has 81 heavy (non-hydrogen) atoms. The number of carboxylic acids is 1. The molecule has 6 amide bonds. The number of nitrogens with one attached hydrogen (secondary N) is 4. The van der Waals surface area contributed by atoms with Gasteiger partial charge in [-0.2, -0.15) is 5.10 Å². The predicted octanol–water partition coefficient (Wildman–Crippen LogP) is 9.71. The molecule has 6 heterocycles. The van der Waals surface area contributed by atoms with E-state index in [-0.39, 0.29) is 52.3 Å². The molecule has 3 aliphatic heterocycles. The highest BCUT2D eigenvalue weighted by atomic mass is 32.1. The highest BCUT2D eigenvalue weighted by Crippen LogP contribution is 2.66. The van der Waals surface area contributed by atoms with E-state index in [1.54, 1.807) is 24.4 Å². The van der Waals surface area contributed by atoms with Crippen molar-refractivity contribution < 1.29 is 38.7 Å². The number of carbonyl (C=O) groups is 7. The Bertz CT molecular complexity index is 3470. The van der Waals surface area contributed by atoms with Crippen molar-refractivity contribution in [1.29, 1.82) is 0 Å². The monoisotopic (exact) mass is 1110 g/mol. The Morgan fingerprint density at radius 3 is 2.31 bits per heavy atom. The third-order valence-electron chi connectivity index (χ3n) is 18.2. The van der Waals surface area contributed by atoms with E-state index in [1.807, 2.05) is 71.1 Å². The lowest BCUT2D eigenvalue weighted by Gasteiger charge is -2.61. The number of carbonyl (C=O) groups excluding carboxylic acids is 6. The summed E-state index contributed by atoms with van der Waals surface area (Å²) >= 11 is 1.43. The number of piperidine rings is 1. The highest BCUT2D eigenvalue weighted by Gasteiger charge is 2.60. The van der Waals surface area contributed by atoms with E-state index in [0.717, 1.165) is 121 Å². The molecule has 0 radical (unpaired) electrons. The fourth-order valence-electron chi connectivity index (χ4n) is 14.8. The molecular weight excluding hydrogens is 1040 g/mol. The first-order valence-electron chi connectivity index (χ1n) is 28.9. The first-order valence-corrected chi connectivity index (χ1v) is 29.7. The maximum atomic E-state index is 14.2. The van der Waals surface area contributed by atoms with Crippen molar-refractivity contribution in [3.8, 4) is 11.1 Å². The molecule has 18 nitrogen and oxygen atoms in total. The lowest BCUT2D eigenvalue weighted by atomic mass is 9.44. The largest absolute Gasteiger partial charge is 0.476 e. The van der Waals surface area contributed by atoms with Crippen LogP contribution in [-0.4, -0.2) is 96.8 Å². The second-order valence-electron chi connectivity index (χ2n) is 23.7. The van der Waals surface area contributed by atoms with Crippen molar-refractivity contribution >= 4 is 79.6 Å². The molecule has 4 bridgehead atoms. The van der Waals surface area contributed by atoms with Crippen molar-refractivity contribution in [2.45, 2.75) is 135 Å². The number of nitrogens with zero attached hydrogens (tertiary/aromatic N) is 6. The van der Waals surface area contributed by atoms with Crippen LogP contribution in [0.15, 0.2) is 79.0 Å². The number of hydrogen-bond donors (Lipinski definition) is 5. The van der Waals surface area contributed by atoms with Gasteiger partial charge in [-0.25, -0.2) is 14.8 Å². The lowest BCUT2D eigenvalue weighted by molar-refractivity contribution is -0.159. The van der Waals surface area contributed by atoms with Crippen molar-refractivity contribution in [3.63, 3.8) is 0 Å². The average Bonchev–Trinajstić information content (AvgIpc) is 4.13. The number of benzene rings is 3. The summed E-state index contributed by atoms with van der Waals surface area (Å²) in [7, 11) is 0. The van der Waals surface area contributed by atoms with Crippen LogP contribution in [0.3, 0.4) is 0 Å². The minimum absolute atomic E-state index is 0.0487. The first kappa shape index (κ1) is 53.8. The van der Waals surface area contributed by atoms with E-state index >= 15 is 0 Å². The summed E-state index contributed by atoms with van der Waals surface area (Å²) in [5, 5.41) is 28.0. The summed E-state index contributed by atoms with van der Waals surface area (Å²) in [5.74, 6) is -1.69. The molecule has 4 aliphatic carbocycles. The number of aromatic nitrogens is 4. The van der Waals surface area contributed by atoms with Gasteiger partial charge in [0.1, 0.15) is 11.9 Å². The van der Waals surface area contributed by atoms with E-state index in [2.05, 4.69) is 26.3 Å². The third kappa shape index (κ3) is 10.6. The fourth-order valence-corrected chi connectivity index (χ4v) is 15.6. The van der Waals surface area contributed by atoms with Crippen LogP contribution in [0.25, 0.3) is 21.3 Å². The zero-order chi connectivity index (χ0) is 56.0. The van der Waals surface area contributed by atoms with Gasteiger partial charge in [0.05, 0.1) is 33.0 Å². The number of rotatable bonds is 21. The molecule has 5 N–H and O–H groups in total. The number of anilines is 3. The van der Waals surface area contributed by atoms with E-state index in [4.69, 9.17) is 10.1 Å². The number of carboxylic acid groups (broad SMARTS) is 1. The zero-order valence-electron chi connectivity index (χ0n) is 45.7. The molecule has 5 fully saturated rings. The summed E-state index contributed by atoms with van der Waals surface area (Å²) in [6, 6.07) is 21.4. The van der Waals surface area contributed by atoms with Crippen molar-refractivity contribution in [2.24, 2.45) is 22.7 Å². The molecule has 420 valence electrons. The van der Waals surface area contributed by atoms with Crippen LogP contribution >= 0.6 is 11.3 Å². The van der Waals surface area contributed by atoms with Crippen LogP contribution in [-0.2, 0) is 33.9 Å². The Balaban J connectivity index is 0.602. The summed E-state index contributed by atoms with van der Waals surface area (Å²) in [5.41, 5.74) is 6.08. The lowest BCUT2D eigenvalue weighted by Crippen LogP contribution is -2.58. The fraction of sp³-hybridized carbons (Fsp3) is 0.452. The number of para-hydroxylation sites is 1. The van der Waals surface area contributed by atoms with Crippen molar-refractivity contribution in [3.05, 3.63) is 118 Å². The summed E-state index contributed by atoms with van der Waals surface area (Å²) in [6.07, 6.45) is 17.0. The van der Waals surface area contributed by atoms with Crippen LogP contribution in [0.1, 0.15) is 161 Å². The molecule has 0 spiro atoms. The Hall–Kier alpha value is -7.80. The molecule has 7 aliphatic rings. The van der Waals surface area contributed by atoms with Crippen LogP contribution < -0.4 is 26.2 Å². The van der Waals surface area contributed by atoms with E-state index < -0.39 is 35.6 Å². The Labute approximate surface area is 473 Å². The Morgan fingerprint density at radius 1 is 0.790 bits per heavy atom. The SMILES string of the molecule is Cc1c(-c2ccc(N3CCc4cccc(C(=O)Nc5nc6ccccc6s5)c4C3)nc2C(=O)O)cnn1CC12C[C@H]3C[C@H](C1)CC(C(=O)NCCCCCCCCCCNc1cccc4c1C(=O)N([C@@H]1CCC(=O)NC1=O)C4=O)(C3)C2. The maximum absolute atomic E-state index is 14.2. The van der Waals surface area contributed by atoms with Gasteiger partial charge in [-0.05, 0) is 142 Å². The van der Waals surface area contributed by atoms with Gasteiger partial charge < -0.3 is 20.6 Å². The second-order valence-corrected chi connectivity index (χ2v) is 24.7. The quantitative estimate of drug-likeness (QED) is 0.0334. The molecule has 19 heteroatoms. The van der Waals surface area contributed by atoms with Gasteiger partial charge in [-0.15, -0.1) is 0 Å². The van der Waals surface area contributed by atoms with Gasteiger partial charge in [-0.1, -0.05) is 80.2 Å². The highest BCUT2D eigenvalue weighted by molar-refractivity contribution is 7.22. The molecule has 3 atom stereocenters. The molecule has 13 rings (SSSR count). The molecule has 3 aromatic carbocycles. The smallest absolute Gasteiger partial charge is 0.355 e. The van der Waals surface area contributed by atoms with Gasteiger partial charge in [0, 0.05) is 67.2 Å². The molecular formula is C62H68N10O8S. The Kier molecular flexibility index (Phi) is 14.8. The van der Waals surface area contributed by atoms with Crippen molar-refractivity contribution in [1.82, 2.24) is 35.3 Å². The number of unbranched alkanes of at least 4 members (excludes halogenated alkanes) is 7. The number of aromatic carboxylic acids is 1. The van der Waals surface area contributed by atoms with E-state index in [9.17, 15) is 38.7 Å². The van der Waals surface area contributed by atoms with Crippen LogP contribution in [0.4, 0.5) is 16.6 Å². The standard InChI is InChI=1S/C62H68N10O8S/c1-37-44(41-20-22-50(67-53(41)58(78)79)70-27-24-40-14-12-15-42(45(40)34-70)54(74)69-60-66-46-17-8-9-19-49(46)81-60)33-65-71(37)36-61-29-38-28-39(30-61)32-62(31-38,35-61)59(80)64-26-11-7-5-3-2-4-6-10-25-63-47-18-13-16-43-52(47)57(77)72(56(43)76)48-21-23-51(73)68-55(48)75/h8-9,12-20,22,33,38-39,48,63H,2-7,10-11,21,23-32,34-36H2,1H3,(H,64,80)(H,78,79)(H,66,69,74)(H,68,73,75)/t38-,39-,48-,61?,62?/m1/s1. The van der Waals surface area contributed by atoms with E-state index in [0.29, 0.717) is 78.7 Å². The summed E-state index contributed by atoms with van der Waals surface area (Å²) in [4.78, 5) is 104. The number of hydrogen-bond acceptors (Lipinski definition) is 13. The topological polar surface area (TPSA) is 238 Å². The normalized spacial score (nSPS) is 22.7. The second kappa shape index (κ2) is 22.3. The minimum Gasteiger partial charge on any atom is -0.476 e. The van der Waals surface area contributed by atoms with Gasteiger partial charge in [0.25, 0.3) is 17.7 Å². The maximum Gasteiger partial charge on any atom is 0.355 e.